The molecule has 0 aliphatic carbocycles. The minimum atomic E-state index is -1.03. The van der Waals surface area contributed by atoms with Crippen molar-refractivity contribution in [2.75, 3.05) is 11.5 Å². The minimum absolute atomic E-state index is 0.101. The van der Waals surface area contributed by atoms with Gasteiger partial charge in [-0.15, -0.1) is 0 Å². The lowest BCUT2D eigenvalue weighted by Gasteiger charge is -2.04. The third kappa shape index (κ3) is 4.74. The fraction of sp³-hybridized carbons (Fsp3) is 0.364. The highest BCUT2D eigenvalue weighted by Crippen LogP contribution is 1.97. The van der Waals surface area contributed by atoms with Gasteiger partial charge in [0, 0.05) is 23.1 Å². The minimum Gasteiger partial charge on any atom is -0.351 e. The molecule has 15 heavy (non-hydrogen) atoms. The van der Waals surface area contributed by atoms with Crippen LogP contribution in [0.25, 0.3) is 0 Å². The molecule has 0 aliphatic rings. The molecule has 1 unspecified atom stereocenters. The molecule has 0 aromatic heterocycles. The van der Waals surface area contributed by atoms with Crippen LogP contribution >= 0.6 is 0 Å². The van der Waals surface area contributed by atoms with Crippen LogP contribution in [0, 0.1) is 0 Å². The summed E-state index contributed by atoms with van der Waals surface area (Å²) in [5.74, 6) is 0.473. The first-order valence-electron chi connectivity index (χ1n) is 4.88. The molecule has 0 spiro atoms. The second-order valence-corrected chi connectivity index (χ2v) is 4.88. The Bertz CT molecular complexity index is 338. The van der Waals surface area contributed by atoms with E-state index in [1.807, 2.05) is 30.3 Å². The second kappa shape index (κ2) is 6.35. The van der Waals surface area contributed by atoms with Crippen LogP contribution < -0.4 is 5.32 Å². The first kappa shape index (κ1) is 11.9. The molecule has 1 atom stereocenters. The third-order valence-electron chi connectivity index (χ3n) is 1.95. The van der Waals surface area contributed by atoms with Gasteiger partial charge >= 0.3 is 0 Å². The van der Waals surface area contributed by atoms with E-state index in [1.165, 1.54) is 0 Å². The Kier molecular flexibility index (Phi) is 5.04. The Morgan fingerprint density at radius 1 is 1.33 bits per heavy atom. The third-order valence-corrected chi connectivity index (χ3v) is 3.17. The molecule has 0 bridgehead atoms. The van der Waals surface area contributed by atoms with Crippen molar-refractivity contribution < 1.29 is 9.00 Å². The normalized spacial score (nSPS) is 12.1. The summed E-state index contributed by atoms with van der Waals surface area (Å²) >= 11 is 0. The molecular formula is C11H15NO2S. The fourth-order valence-electron chi connectivity index (χ4n) is 1.10. The van der Waals surface area contributed by atoms with Crippen molar-refractivity contribution in [3.8, 4) is 0 Å². The molecule has 0 saturated carbocycles. The van der Waals surface area contributed by atoms with E-state index < -0.39 is 10.8 Å². The predicted molar refractivity (Wildman–Crippen MR) is 61.8 cm³/mol. The summed E-state index contributed by atoms with van der Waals surface area (Å²) in [6, 6.07) is 9.66. The molecule has 0 fully saturated rings. The van der Waals surface area contributed by atoms with Crippen LogP contribution in [0.1, 0.15) is 12.5 Å². The van der Waals surface area contributed by atoms with Crippen molar-refractivity contribution in [1.29, 1.82) is 0 Å². The van der Waals surface area contributed by atoms with Crippen LogP contribution in [0.15, 0.2) is 30.3 Å². The molecule has 0 aliphatic heterocycles. The van der Waals surface area contributed by atoms with Gasteiger partial charge in [-0.3, -0.25) is 9.00 Å². The number of benzene rings is 1. The number of nitrogens with one attached hydrogen (secondary N) is 1. The molecule has 1 N–H and O–H groups in total. The number of amides is 1. The van der Waals surface area contributed by atoms with Crippen LogP contribution in [-0.4, -0.2) is 21.6 Å². The lowest BCUT2D eigenvalue weighted by Crippen LogP contribution is -2.28. The summed E-state index contributed by atoms with van der Waals surface area (Å²) in [6.07, 6.45) is 0. The van der Waals surface area contributed by atoms with E-state index in [1.54, 1.807) is 6.92 Å². The number of carbonyl (C=O) groups is 1. The lowest BCUT2D eigenvalue weighted by molar-refractivity contribution is -0.118. The quantitative estimate of drug-likeness (QED) is 0.815. The van der Waals surface area contributed by atoms with Crippen molar-refractivity contribution in [1.82, 2.24) is 5.32 Å². The Labute approximate surface area is 92.3 Å². The highest BCUT2D eigenvalue weighted by atomic mass is 32.2. The zero-order valence-electron chi connectivity index (χ0n) is 8.73. The van der Waals surface area contributed by atoms with E-state index in [0.717, 1.165) is 5.56 Å². The molecule has 4 heteroatoms. The fourth-order valence-corrected chi connectivity index (χ4v) is 1.69. The lowest BCUT2D eigenvalue weighted by atomic mass is 10.2. The van der Waals surface area contributed by atoms with Gasteiger partial charge in [0.25, 0.3) is 0 Å². The van der Waals surface area contributed by atoms with Gasteiger partial charge < -0.3 is 5.32 Å². The summed E-state index contributed by atoms with van der Waals surface area (Å²) in [7, 11) is -1.03. The maximum absolute atomic E-state index is 11.3. The van der Waals surface area contributed by atoms with E-state index >= 15 is 0 Å². The smallest absolute Gasteiger partial charge is 0.232 e. The monoisotopic (exact) mass is 225 g/mol. The zero-order chi connectivity index (χ0) is 11.1. The SMILES string of the molecule is CCS(=O)CC(=O)NCc1ccccc1. The van der Waals surface area contributed by atoms with Crippen molar-refractivity contribution in [3.63, 3.8) is 0 Å². The van der Waals surface area contributed by atoms with E-state index in [9.17, 15) is 9.00 Å². The molecule has 1 rings (SSSR count). The van der Waals surface area contributed by atoms with Crippen molar-refractivity contribution in [3.05, 3.63) is 35.9 Å². The maximum atomic E-state index is 11.3. The Balaban J connectivity index is 2.32. The van der Waals surface area contributed by atoms with Crippen LogP contribution in [0.4, 0.5) is 0 Å². The zero-order valence-corrected chi connectivity index (χ0v) is 9.55. The maximum Gasteiger partial charge on any atom is 0.232 e. The summed E-state index contributed by atoms with van der Waals surface area (Å²) in [4.78, 5) is 11.3. The summed E-state index contributed by atoms with van der Waals surface area (Å²) in [5.41, 5.74) is 1.05. The van der Waals surface area contributed by atoms with Gasteiger partial charge in [0.2, 0.25) is 5.91 Å². The van der Waals surface area contributed by atoms with Gasteiger partial charge in [0.15, 0.2) is 0 Å². The molecule has 1 aromatic carbocycles. The second-order valence-electron chi connectivity index (χ2n) is 3.14. The first-order chi connectivity index (χ1) is 7.22. The Morgan fingerprint density at radius 3 is 2.60 bits per heavy atom. The van der Waals surface area contributed by atoms with E-state index in [4.69, 9.17) is 0 Å². The van der Waals surface area contributed by atoms with Crippen LogP contribution in [-0.2, 0) is 22.1 Å². The van der Waals surface area contributed by atoms with Crippen LogP contribution in [0.3, 0.4) is 0 Å². The average molecular weight is 225 g/mol. The number of hydrogen-bond acceptors (Lipinski definition) is 2. The molecule has 0 radical (unpaired) electrons. The summed E-state index contributed by atoms with van der Waals surface area (Å²) < 4.78 is 11.1. The highest BCUT2D eigenvalue weighted by Gasteiger charge is 2.04. The first-order valence-corrected chi connectivity index (χ1v) is 6.36. The van der Waals surface area contributed by atoms with Crippen molar-refractivity contribution in [2.24, 2.45) is 0 Å². The molecule has 3 nitrogen and oxygen atoms in total. The van der Waals surface area contributed by atoms with Gasteiger partial charge in [-0.2, -0.15) is 0 Å². The van der Waals surface area contributed by atoms with Gasteiger partial charge in [0.1, 0.15) is 5.75 Å². The highest BCUT2D eigenvalue weighted by molar-refractivity contribution is 7.85. The van der Waals surface area contributed by atoms with Crippen molar-refractivity contribution in [2.45, 2.75) is 13.5 Å². The van der Waals surface area contributed by atoms with Gasteiger partial charge in [0.05, 0.1) is 0 Å². The summed E-state index contributed by atoms with van der Waals surface area (Å²) in [6.45, 7) is 2.31. The van der Waals surface area contributed by atoms with Crippen LogP contribution in [0.2, 0.25) is 0 Å². The van der Waals surface area contributed by atoms with Gasteiger partial charge in [-0.1, -0.05) is 37.3 Å². The standard InChI is InChI=1S/C11H15NO2S/c1-2-15(14)9-11(13)12-8-10-6-4-3-5-7-10/h3-7H,2,8-9H2,1H3,(H,12,13). The topological polar surface area (TPSA) is 46.2 Å². The van der Waals surface area contributed by atoms with E-state index in [0.29, 0.717) is 12.3 Å². The van der Waals surface area contributed by atoms with Gasteiger partial charge in [-0.05, 0) is 5.56 Å². The number of rotatable bonds is 5. The number of carbonyl (C=O) groups excluding carboxylic acids is 1. The molecule has 1 aromatic rings. The molecule has 0 saturated heterocycles. The van der Waals surface area contributed by atoms with Crippen molar-refractivity contribution >= 4 is 16.7 Å². The summed E-state index contributed by atoms with van der Waals surface area (Å²) in [5, 5.41) is 2.73. The number of hydrogen-bond donors (Lipinski definition) is 1. The average Bonchev–Trinajstić information content (AvgIpc) is 2.27. The largest absolute Gasteiger partial charge is 0.351 e. The van der Waals surface area contributed by atoms with Crippen LogP contribution in [0.5, 0.6) is 0 Å². The van der Waals surface area contributed by atoms with Gasteiger partial charge in [-0.25, -0.2) is 0 Å². The Hall–Kier alpha value is -1.16. The molecular weight excluding hydrogens is 210 g/mol. The molecule has 1 amide bonds. The van der Waals surface area contributed by atoms with E-state index in [2.05, 4.69) is 5.32 Å². The predicted octanol–water partition coefficient (Wildman–Crippen LogP) is 1.07. The molecule has 0 heterocycles. The van der Waals surface area contributed by atoms with E-state index in [-0.39, 0.29) is 11.7 Å². The Morgan fingerprint density at radius 2 is 2.00 bits per heavy atom. The molecule has 82 valence electrons.